The molecule has 8 heteroatoms. The summed E-state index contributed by atoms with van der Waals surface area (Å²) in [7, 11) is 0. The Kier molecular flexibility index (Phi) is 3.03. The van der Waals surface area contributed by atoms with Crippen molar-refractivity contribution >= 4 is 5.91 Å². The number of amides is 1. The van der Waals surface area contributed by atoms with Gasteiger partial charge in [-0.1, -0.05) is 0 Å². The number of likely N-dealkylation sites (tertiary alicyclic amines) is 1. The van der Waals surface area contributed by atoms with E-state index < -0.39 is 24.0 Å². The van der Waals surface area contributed by atoms with Gasteiger partial charge in [0.05, 0.1) is 0 Å². The lowest BCUT2D eigenvalue weighted by Gasteiger charge is -2.29. The zero-order chi connectivity index (χ0) is 13.7. The number of rotatable bonds is 1. The van der Waals surface area contributed by atoms with Gasteiger partial charge in [-0.15, -0.1) is 0 Å². The average molecular weight is 272 g/mol. The standard InChI is InChI=1S/C10H13F5N2O/c1-5-7-3-16-2-6(7)4-17(5)8(18)9(11,12)10(13,14)15/h5-7,16H,2-4H2,1H3. The van der Waals surface area contributed by atoms with Crippen molar-refractivity contribution < 1.29 is 26.7 Å². The number of hydrogen-bond acceptors (Lipinski definition) is 2. The van der Waals surface area contributed by atoms with Crippen LogP contribution in [0.3, 0.4) is 0 Å². The van der Waals surface area contributed by atoms with Gasteiger partial charge in [-0.3, -0.25) is 4.79 Å². The predicted molar refractivity (Wildman–Crippen MR) is 52.0 cm³/mol. The zero-order valence-electron chi connectivity index (χ0n) is 9.60. The van der Waals surface area contributed by atoms with E-state index in [4.69, 9.17) is 0 Å². The van der Waals surface area contributed by atoms with Crippen molar-refractivity contribution in [1.82, 2.24) is 10.2 Å². The van der Waals surface area contributed by atoms with Gasteiger partial charge in [0, 0.05) is 25.7 Å². The first-order chi connectivity index (χ1) is 8.16. The van der Waals surface area contributed by atoms with Crippen LogP contribution in [0.25, 0.3) is 0 Å². The second-order valence-corrected chi connectivity index (χ2v) is 4.85. The minimum Gasteiger partial charge on any atom is -0.334 e. The molecule has 0 aromatic carbocycles. The third-order valence-corrected chi connectivity index (χ3v) is 3.82. The van der Waals surface area contributed by atoms with Crippen LogP contribution in [0.2, 0.25) is 0 Å². The highest BCUT2D eigenvalue weighted by atomic mass is 19.4. The van der Waals surface area contributed by atoms with E-state index in [1.807, 2.05) is 0 Å². The number of fused-ring (bicyclic) bond motifs is 1. The molecule has 0 bridgehead atoms. The van der Waals surface area contributed by atoms with E-state index in [1.54, 1.807) is 0 Å². The van der Waals surface area contributed by atoms with E-state index in [2.05, 4.69) is 5.32 Å². The maximum atomic E-state index is 13.0. The normalized spacial score (nSPS) is 32.8. The van der Waals surface area contributed by atoms with Crippen LogP contribution in [0.4, 0.5) is 22.0 Å². The SMILES string of the molecule is CC1C2CNCC2CN1C(=O)C(F)(F)C(F)(F)F. The summed E-state index contributed by atoms with van der Waals surface area (Å²) in [6.45, 7) is 2.58. The van der Waals surface area contributed by atoms with Gasteiger partial charge in [-0.05, 0) is 18.8 Å². The summed E-state index contributed by atoms with van der Waals surface area (Å²) in [6, 6.07) is -0.592. The molecule has 0 spiro atoms. The van der Waals surface area contributed by atoms with Crippen LogP contribution < -0.4 is 5.32 Å². The molecule has 1 amide bonds. The van der Waals surface area contributed by atoms with Crippen molar-refractivity contribution in [3.8, 4) is 0 Å². The number of carbonyl (C=O) groups excluding carboxylic acids is 1. The molecular formula is C10H13F5N2O. The molecule has 3 nitrogen and oxygen atoms in total. The third kappa shape index (κ3) is 1.86. The van der Waals surface area contributed by atoms with Crippen LogP contribution in [0.5, 0.6) is 0 Å². The molecule has 2 fully saturated rings. The summed E-state index contributed by atoms with van der Waals surface area (Å²) in [5.41, 5.74) is 0. The van der Waals surface area contributed by atoms with Gasteiger partial charge in [0.15, 0.2) is 0 Å². The Morgan fingerprint density at radius 2 is 1.83 bits per heavy atom. The zero-order valence-corrected chi connectivity index (χ0v) is 9.60. The van der Waals surface area contributed by atoms with Crippen LogP contribution in [-0.4, -0.2) is 48.6 Å². The van der Waals surface area contributed by atoms with E-state index in [1.165, 1.54) is 6.92 Å². The number of halogens is 5. The van der Waals surface area contributed by atoms with Crippen LogP contribution in [0.15, 0.2) is 0 Å². The monoisotopic (exact) mass is 272 g/mol. The summed E-state index contributed by atoms with van der Waals surface area (Å²) in [5.74, 6) is -7.50. The van der Waals surface area contributed by atoms with Crippen molar-refractivity contribution in [2.75, 3.05) is 19.6 Å². The maximum Gasteiger partial charge on any atom is 0.463 e. The van der Waals surface area contributed by atoms with Crippen molar-refractivity contribution in [2.24, 2.45) is 11.8 Å². The third-order valence-electron chi connectivity index (χ3n) is 3.82. The van der Waals surface area contributed by atoms with Gasteiger partial charge in [0.2, 0.25) is 0 Å². The highest BCUT2D eigenvalue weighted by Crippen LogP contribution is 2.40. The molecule has 0 aliphatic carbocycles. The van der Waals surface area contributed by atoms with E-state index in [-0.39, 0.29) is 18.4 Å². The fourth-order valence-electron chi connectivity index (χ4n) is 2.74. The Labute approximate surface area is 100 Å². The number of alkyl halides is 5. The second-order valence-electron chi connectivity index (χ2n) is 4.85. The Balaban J connectivity index is 2.16. The van der Waals surface area contributed by atoms with Gasteiger partial charge < -0.3 is 10.2 Å². The second kappa shape index (κ2) is 4.04. The Morgan fingerprint density at radius 1 is 1.22 bits per heavy atom. The minimum atomic E-state index is -5.83. The molecule has 0 aromatic heterocycles. The molecule has 2 heterocycles. The molecule has 18 heavy (non-hydrogen) atoms. The summed E-state index contributed by atoms with van der Waals surface area (Å²) in [5, 5.41) is 3.04. The van der Waals surface area contributed by atoms with Crippen LogP contribution in [0, 0.1) is 11.8 Å². The first-order valence-electron chi connectivity index (χ1n) is 5.62. The van der Waals surface area contributed by atoms with Crippen LogP contribution in [0.1, 0.15) is 6.92 Å². The molecule has 3 unspecified atom stereocenters. The van der Waals surface area contributed by atoms with E-state index in [0.717, 1.165) is 0 Å². The van der Waals surface area contributed by atoms with Gasteiger partial charge >= 0.3 is 18.0 Å². The lowest BCUT2D eigenvalue weighted by Crippen LogP contribution is -2.53. The van der Waals surface area contributed by atoms with Crippen molar-refractivity contribution in [3.63, 3.8) is 0 Å². The van der Waals surface area contributed by atoms with E-state index >= 15 is 0 Å². The molecule has 0 aromatic rings. The maximum absolute atomic E-state index is 13.0. The van der Waals surface area contributed by atoms with Crippen LogP contribution in [-0.2, 0) is 4.79 Å². The number of carbonyl (C=O) groups is 1. The van der Waals surface area contributed by atoms with Gasteiger partial charge in [-0.25, -0.2) is 0 Å². The predicted octanol–water partition coefficient (Wildman–Crippen LogP) is 1.25. The lowest BCUT2D eigenvalue weighted by atomic mass is 9.95. The Hall–Kier alpha value is -0.920. The molecule has 0 radical (unpaired) electrons. The van der Waals surface area contributed by atoms with Crippen LogP contribution >= 0.6 is 0 Å². The van der Waals surface area contributed by atoms with Gasteiger partial charge in [0.25, 0.3) is 0 Å². The number of nitrogens with zero attached hydrogens (tertiary/aromatic N) is 1. The first-order valence-corrected chi connectivity index (χ1v) is 5.62. The summed E-state index contributed by atoms with van der Waals surface area (Å²) >= 11 is 0. The highest BCUT2D eigenvalue weighted by molar-refractivity contribution is 5.85. The molecule has 104 valence electrons. The number of nitrogens with one attached hydrogen (secondary N) is 1. The Bertz CT molecular complexity index is 357. The van der Waals surface area contributed by atoms with Crippen molar-refractivity contribution in [3.05, 3.63) is 0 Å². The molecule has 2 aliphatic rings. The van der Waals surface area contributed by atoms with E-state index in [0.29, 0.717) is 18.0 Å². The molecule has 2 saturated heterocycles. The molecule has 3 atom stereocenters. The first kappa shape index (κ1) is 13.5. The lowest BCUT2D eigenvalue weighted by molar-refractivity contribution is -0.274. The fraction of sp³-hybridized carbons (Fsp3) is 0.900. The molecule has 2 aliphatic heterocycles. The average Bonchev–Trinajstić information content (AvgIpc) is 2.79. The largest absolute Gasteiger partial charge is 0.463 e. The molecular weight excluding hydrogens is 259 g/mol. The summed E-state index contributed by atoms with van der Waals surface area (Å²) < 4.78 is 62.4. The summed E-state index contributed by atoms with van der Waals surface area (Å²) in [6.07, 6.45) is -5.83. The molecule has 0 saturated carbocycles. The molecule has 2 rings (SSSR count). The quantitative estimate of drug-likeness (QED) is 0.729. The van der Waals surface area contributed by atoms with Gasteiger partial charge in [-0.2, -0.15) is 22.0 Å². The van der Waals surface area contributed by atoms with Gasteiger partial charge in [0.1, 0.15) is 0 Å². The van der Waals surface area contributed by atoms with Crippen molar-refractivity contribution in [2.45, 2.75) is 25.1 Å². The Morgan fingerprint density at radius 3 is 2.33 bits per heavy atom. The van der Waals surface area contributed by atoms with Crippen molar-refractivity contribution in [1.29, 1.82) is 0 Å². The summed E-state index contributed by atoms with van der Waals surface area (Å²) in [4.78, 5) is 12.1. The highest BCUT2D eigenvalue weighted by Gasteiger charge is 2.66. The molecule has 1 N–H and O–H groups in total. The number of hydrogen-bond donors (Lipinski definition) is 1. The topological polar surface area (TPSA) is 32.3 Å². The minimum absolute atomic E-state index is 0.0343. The smallest absolute Gasteiger partial charge is 0.334 e. The fourth-order valence-corrected chi connectivity index (χ4v) is 2.74. The van der Waals surface area contributed by atoms with E-state index in [9.17, 15) is 26.7 Å².